The zero-order valence-electron chi connectivity index (χ0n) is 30.1. The Morgan fingerprint density at radius 1 is 0.268 bits per heavy atom. The molecule has 0 fully saturated rings. The number of nitrogens with zero attached hydrogens (tertiary/aromatic N) is 3. The minimum atomic E-state index is 0.638. The Balaban J connectivity index is 1.21. The van der Waals surface area contributed by atoms with Crippen LogP contribution >= 0.6 is 22.7 Å². The van der Waals surface area contributed by atoms with E-state index in [2.05, 4.69) is 188 Å². The average Bonchev–Trinajstić information content (AvgIpc) is 3.85. The van der Waals surface area contributed by atoms with E-state index in [-0.39, 0.29) is 0 Å². The summed E-state index contributed by atoms with van der Waals surface area (Å²) in [6.45, 7) is 0. The van der Waals surface area contributed by atoms with Gasteiger partial charge in [0.2, 0.25) is 0 Å². The molecule has 0 atom stereocenters. The van der Waals surface area contributed by atoms with Crippen LogP contribution in [0.3, 0.4) is 0 Å². The number of aromatic nitrogens is 3. The van der Waals surface area contributed by atoms with Crippen LogP contribution in [0.2, 0.25) is 0 Å². The molecule has 56 heavy (non-hydrogen) atoms. The average molecular weight is 750 g/mol. The molecule has 3 heterocycles. The fourth-order valence-electron chi connectivity index (χ4n) is 7.94. The van der Waals surface area contributed by atoms with Gasteiger partial charge in [-0.1, -0.05) is 152 Å². The number of fused-ring (bicyclic) bond motifs is 6. The summed E-state index contributed by atoms with van der Waals surface area (Å²) in [5.41, 5.74) is 9.73. The van der Waals surface area contributed by atoms with Crippen molar-refractivity contribution in [2.45, 2.75) is 0 Å². The van der Waals surface area contributed by atoms with Gasteiger partial charge in [0.15, 0.2) is 17.5 Å². The Hall–Kier alpha value is -6.79. The van der Waals surface area contributed by atoms with E-state index < -0.39 is 0 Å². The Bertz CT molecular complexity index is 3120. The van der Waals surface area contributed by atoms with Gasteiger partial charge in [-0.2, -0.15) is 0 Å². The van der Waals surface area contributed by atoms with E-state index in [9.17, 15) is 0 Å². The standard InChI is InChI=1S/C51H31N3S2/c1-3-15-32(16-4-1)34-29-30-41(44(31-34)36-20-8-7-19-35(36)33-17-5-2-6-18-33)49-52-50(42-25-13-23-39-37-21-9-11-27-45(37)55-47(39)42)54-51(53-49)43-26-14-24-40-38-22-10-12-28-46(38)56-48(40)43/h1-31H. The van der Waals surface area contributed by atoms with Crippen molar-refractivity contribution in [3.63, 3.8) is 0 Å². The van der Waals surface area contributed by atoms with Crippen molar-refractivity contribution in [3.05, 3.63) is 188 Å². The smallest absolute Gasteiger partial charge is 0.165 e. The van der Waals surface area contributed by atoms with Gasteiger partial charge in [0.25, 0.3) is 0 Å². The van der Waals surface area contributed by atoms with Crippen LogP contribution in [0.15, 0.2) is 188 Å². The lowest BCUT2D eigenvalue weighted by Crippen LogP contribution is -2.02. The van der Waals surface area contributed by atoms with Crippen LogP contribution in [0, 0.1) is 0 Å². The van der Waals surface area contributed by atoms with Crippen molar-refractivity contribution in [1.82, 2.24) is 15.0 Å². The number of hydrogen-bond acceptors (Lipinski definition) is 5. The van der Waals surface area contributed by atoms with Crippen molar-refractivity contribution in [2.75, 3.05) is 0 Å². The molecule has 0 saturated carbocycles. The lowest BCUT2D eigenvalue weighted by atomic mass is 9.89. The van der Waals surface area contributed by atoms with Crippen molar-refractivity contribution < 1.29 is 0 Å². The fourth-order valence-corrected chi connectivity index (χ4v) is 10.4. The lowest BCUT2D eigenvalue weighted by molar-refractivity contribution is 1.08. The van der Waals surface area contributed by atoms with Gasteiger partial charge >= 0.3 is 0 Å². The summed E-state index contributed by atoms with van der Waals surface area (Å²) in [5, 5.41) is 4.91. The van der Waals surface area contributed by atoms with Crippen molar-refractivity contribution >= 4 is 63.0 Å². The largest absolute Gasteiger partial charge is 0.208 e. The highest BCUT2D eigenvalue weighted by Gasteiger charge is 2.22. The van der Waals surface area contributed by atoms with E-state index in [1.165, 1.54) is 40.3 Å². The summed E-state index contributed by atoms with van der Waals surface area (Å²) < 4.78 is 4.84. The molecule has 262 valence electrons. The number of rotatable bonds is 6. The maximum atomic E-state index is 5.42. The van der Waals surface area contributed by atoms with E-state index in [1.807, 2.05) is 0 Å². The molecule has 0 aliphatic rings. The van der Waals surface area contributed by atoms with Gasteiger partial charge in [-0.3, -0.25) is 0 Å². The molecular formula is C51H31N3S2. The molecule has 0 aliphatic heterocycles. The summed E-state index contributed by atoms with van der Waals surface area (Å²) in [4.78, 5) is 16.2. The third-order valence-electron chi connectivity index (χ3n) is 10.6. The Kier molecular flexibility index (Phi) is 7.87. The van der Waals surface area contributed by atoms with Crippen LogP contribution in [-0.2, 0) is 0 Å². The van der Waals surface area contributed by atoms with E-state index >= 15 is 0 Å². The summed E-state index contributed by atoms with van der Waals surface area (Å²) in [6, 6.07) is 66.8. The van der Waals surface area contributed by atoms with Crippen molar-refractivity contribution in [2.24, 2.45) is 0 Å². The van der Waals surface area contributed by atoms with Crippen LogP contribution in [-0.4, -0.2) is 15.0 Å². The maximum Gasteiger partial charge on any atom is 0.165 e. The maximum absolute atomic E-state index is 5.42. The molecule has 8 aromatic carbocycles. The van der Waals surface area contributed by atoms with E-state index in [4.69, 9.17) is 15.0 Å². The van der Waals surface area contributed by atoms with Crippen LogP contribution < -0.4 is 0 Å². The predicted molar refractivity (Wildman–Crippen MR) is 238 cm³/mol. The van der Waals surface area contributed by atoms with Gasteiger partial charge in [0, 0.05) is 57.0 Å². The highest BCUT2D eigenvalue weighted by Crippen LogP contribution is 2.44. The molecule has 0 amide bonds. The topological polar surface area (TPSA) is 38.7 Å². The van der Waals surface area contributed by atoms with Crippen LogP contribution in [0.4, 0.5) is 0 Å². The van der Waals surface area contributed by atoms with Gasteiger partial charge < -0.3 is 0 Å². The molecule has 0 aliphatic carbocycles. The SMILES string of the molecule is c1ccc(-c2ccc(-c3nc(-c4cccc5c4sc4ccccc45)nc(-c4cccc5c4sc4ccccc45)n3)c(-c3ccccc3-c3ccccc3)c2)cc1. The third kappa shape index (κ3) is 5.51. The zero-order valence-corrected chi connectivity index (χ0v) is 31.7. The second-order valence-corrected chi connectivity index (χ2v) is 16.0. The zero-order chi connectivity index (χ0) is 37.0. The number of benzene rings is 8. The summed E-state index contributed by atoms with van der Waals surface area (Å²) in [5.74, 6) is 1.96. The normalized spacial score (nSPS) is 11.6. The second-order valence-electron chi connectivity index (χ2n) is 13.9. The lowest BCUT2D eigenvalue weighted by Gasteiger charge is -2.17. The molecule has 11 aromatic rings. The molecule has 3 aromatic heterocycles. The van der Waals surface area contributed by atoms with E-state index in [0.29, 0.717) is 17.5 Å². The third-order valence-corrected chi connectivity index (χ3v) is 13.0. The van der Waals surface area contributed by atoms with Gasteiger partial charge in [-0.25, -0.2) is 15.0 Å². The molecular weight excluding hydrogens is 719 g/mol. The first kappa shape index (κ1) is 32.6. The monoisotopic (exact) mass is 749 g/mol. The van der Waals surface area contributed by atoms with Crippen molar-refractivity contribution in [3.8, 4) is 67.5 Å². The Morgan fingerprint density at radius 2 is 0.714 bits per heavy atom. The molecule has 3 nitrogen and oxygen atoms in total. The quantitative estimate of drug-likeness (QED) is 0.170. The van der Waals surface area contributed by atoms with Gasteiger partial charge in [-0.05, 0) is 69.8 Å². The molecule has 0 radical (unpaired) electrons. The van der Waals surface area contributed by atoms with Gasteiger partial charge in [0.1, 0.15) is 0 Å². The number of thiophene rings is 2. The first-order valence-corrected chi connectivity index (χ1v) is 20.3. The molecule has 0 unspecified atom stereocenters. The molecule has 0 spiro atoms. The van der Waals surface area contributed by atoms with Crippen LogP contribution in [0.1, 0.15) is 0 Å². The van der Waals surface area contributed by atoms with Crippen LogP contribution in [0.5, 0.6) is 0 Å². The Labute approximate surface area is 331 Å². The molecule has 5 heteroatoms. The minimum absolute atomic E-state index is 0.638. The summed E-state index contributed by atoms with van der Waals surface area (Å²) in [7, 11) is 0. The van der Waals surface area contributed by atoms with Crippen LogP contribution in [0.25, 0.3) is 108 Å². The second kappa shape index (κ2) is 13.5. The number of hydrogen-bond donors (Lipinski definition) is 0. The first-order chi connectivity index (χ1) is 27.8. The van der Waals surface area contributed by atoms with E-state index in [0.717, 1.165) is 50.1 Å². The highest BCUT2D eigenvalue weighted by atomic mass is 32.1. The first-order valence-electron chi connectivity index (χ1n) is 18.7. The van der Waals surface area contributed by atoms with Crippen molar-refractivity contribution in [1.29, 1.82) is 0 Å². The van der Waals surface area contributed by atoms with Gasteiger partial charge in [0.05, 0.1) is 0 Å². The predicted octanol–water partition coefficient (Wildman–Crippen LogP) is 14.6. The van der Waals surface area contributed by atoms with E-state index in [1.54, 1.807) is 22.7 Å². The summed E-state index contributed by atoms with van der Waals surface area (Å²) in [6.07, 6.45) is 0. The Morgan fingerprint density at radius 3 is 1.30 bits per heavy atom. The summed E-state index contributed by atoms with van der Waals surface area (Å²) >= 11 is 3.59. The molecule has 11 rings (SSSR count). The fraction of sp³-hybridized carbons (Fsp3) is 0. The highest BCUT2D eigenvalue weighted by molar-refractivity contribution is 7.26. The molecule has 0 N–H and O–H groups in total. The van der Waals surface area contributed by atoms with Gasteiger partial charge in [-0.15, -0.1) is 22.7 Å². The molecule has 0 bridgehead atoms. The minimum Gasteiger partial charge on any atom is -0.208 e. The molecule has 0 saturated heterocycles.